The van der Waals surface area contributed by atoms with E-state index < -0.39 is 47.7 Å². The molecule has 0 aromatic heterocycles. The van der Waals surface area contributed by atoms with Crippen LogP contribution in [0.3, 0.4) is 0 Å². The van der Waals surface area contributed by atoms with Crippen LogP contribution in [0.5, 0.6) is 0 Å². The first-order valence-corrected chi connectivity index (χ1v) is 9.31. The molecule has 152 valence electrons. The van der Waals surface area contributed by atoms with Crippen LogP contribution >= 0.6 is 0 Å². The van der Waals surface area contributed by atoms with Gasteiger partial charge in [-0.05, 0) is 32.4 Å². The minimum Gasteiger partial charge on any atom is -0.458 e. The summed E-state index contributed by atoms with van der Waals surface area (Å²) in [6.45, 7) is 14.1. The molecule has 6 atom stereocenters. The van der Waals surface area contributed by atoms with Gasteiger partial charge in [-0.25, -0.2) is 9.59 Å². The second kappa shape index (κ2) is 7.20. The molecule has 2 saturated heterocycles. The van der Waals surface area contributed by atoms with Gasteiger partial charge in [0.1, 0.15) is 18.3 Å². The maximum Gasteiger partial charge on any atom is 0.334 e. The van der Waals surface area contributed by atoms with Crippen molar-refractivity contribution in [3.8, 4) is 0 Å². The number of hydrogen-bond donors (Lipinski definition) is 0. The Labute approximate surface area is 164 Å². The Kier molecular flexibility index (Phi) is 5.23. The van der Waals surface area contributed by atoms with Gasteiger partial charge in [0.2, 0.25) is 0 Å². The lowest BCUT2D eigenvalue weighted by Crippen LogP contribution is -2.38. The highest BCUT2D eigenvalue weighted by Gasteiger charge is 2.58. The van der Waals surface area contributed by atoms with Gasteiger partial charge < -0.3 is 18.9 Å². The van der Waals surface area contributed by atoms with Gasteiger partial charge in [-0.3, -0.25) is 4.79 Å². The molecule has 0 saturated carbocycles. The molecule has 1 aliphatic carbocycles. The summed E-state index contributed by atoms with van der Waals surface area (Å²) in [5.41, 5.74) is 0.702. The van der Waals surface area contributed by atoms with Crippen LogP contribution in [-0.4, -0.2) is 47.9 Å². The van der Waals surface area contributed by atoms with Crippen LogP contribution in [0.2, 0.25) is 0 Å². The summed E-state index contributed by atoms with van der Waals surface area (Å²) in [6.07, 6.45) is 0.638. The number of epoxide rings is 1. The van der Waals surface area contributed by atoms with Crippen molar-refractivity contribution in [2.75, 3.05) is 0 Å². The fraction of sp³-hybridized carbons (Fsp3) is 0.571. The van der Waals surface area contributed by atoms with Gasteiger partial charge in [0, 0.05) is 30.9 Å². The Morgan fingerprint density at radius 2 is 1.96 bits per heavy atom. The van der Waals surface area contributed by atoms with Crippen LogP contribution in [0.15, 0.2) is 36.0 Å². The van der Waals surface area contributed by atoms with Gasteiger partial charge >= 0.3 is 17.9 Å². The number of ether oxygens (including phenoxy) is 4. The fourth-order valence-corrected chi connectivity index (χ4v) is 3.92. The molecular weight excluding hydrogens is 364 g/mol. The smallest absolute Gasteiger partial charge is 0.334 e. The Balaban J connectivity index is 1.99. The Morgan fingerprint density at radius 3 is 2.57 bits per heavy atom. The van der Waals surface area contributed by atoms with Gasteiger partial charge in [-0.15, -0.1) is 0 Å². The van der Waals surface area contributed by atoms with Gasteiger partial charge in [-0.2, -0.15) is 0 Å². The van der Waals surface area contributed by atoms with Gasteiger partial charge in [0.05, 0.1) is 17.6 Å². The summed E-state index contributed by atoms with van der Waals surface area (Å²) < 4.78 is 22.5. The Hall–Kier alpha value is -2.41. The van der Waals surface area contributed by atoms with Crippen molar-refractivity contribution in [1.82, 2.24) is 0 Å². The quantitative estimate of drug-likeness (QED) is 0.240. The molecule has 0 amide bonds. The van der Waals surface area contributed by atoms with Crippen LogP contribution < -0.4 is 0 Å². The number of rotatable bonds is 3. The summed E-state index contributed by atoms with van der Waals surface area (Å²) in [6, 6.07) is 0. The van der Waals surface area contributed by atoms with Crippen molar-refractivity contribution < 1.29 is 33.3 Å². The summed E-state index contributed by atoms with van der Waals surface area (Å²) >= 11 is 0. The average Bonchev–Trinajstić information content (AvgIpc) is 3.11. The van der Waals surface area contributed by atoms with Gasteiger partial charge in [0.15, 0.2) is 0 Å². The Bertz CT molecular complexity index is 780. The lowest BCUT2D eigenvalue weighted by Gasteiger charge is -2.29. The van der Waals surface area contributed by atoms with E-state index in [9.17, 15) is 14.4 Å². The molecule has 0 radical (unpaired) electrons. The first kappa shape index (κ1) is 20.3. The predicted octanol–water partition coefficient (Wildman–Crippen LogP) is 2.40. The minimum absolute atomic E-state index is 0.158. The molecular formula is C21H26O7. The maximum atomic E-state index is 12.2. The number of carbonyl (C=O) groups is 3. The van der Waals surface area contributed by atoms with Crippen LogP contribution in [0, 0.1) is 5.92 Å². The summed E-state index contributed by atoms with van der Waals surface area (Å²) in [4.78, 5) is 35.9. The number of fused-ring (bicyclic) bond motifs is 2. The second-order valence-electron chi connectivity index (χ2n) is 8.01. The fourth-order valence-electron chi connectivity index (χ4n) is 3.92. The topological polar surface area (TPSA) is 91.4 Å². The SMILES string of the molecule is C=C(C)C(=O)O[C@@H]1C[C@@]2(C)O[C@H]2C[C@@H](OC(C)=O)/C(C)=C\[C@@H]2OC(=O)C(=C)[C@H]21. The molecule has 2 aliphatic heterocycles. The molecule has 28 heavy (non-hydrogen) atoms. The average molecular weight is 390 g/mol. The standard InChI is InChI=1S/C21H26O7/c1-10(2)19(23)27-16-9-21(6)17(28-21)8-14(25-13(5)22)11(3)7-15-18(16)12(4)20(24)26-15/h7,14-18H,1,4,8-9H2,2-3,5-6H3/b11-7-/t14-,15+,16-,17+,18-,21-/m1/s1. The molecule has 0 unspecified atom stereocenters. The van der Waals surface area contributed by atoms with Crippen molar-refractivity contribution in [1.29, 1.82) is 0 Å². The summed E-state index contributed by atoms with van der Waals surface area (Å²) in [5.74, 6) is -2.01. The highest BCUT2D eigenvalue weighted by atomic mass is 16.6. The van der Waals surface area contributed by atoms with Crippen LogP contribution in [0.1, 0.15) is 40.5 Å². The summed E-state index contributed by atoms with van der Waals surface area (Å²) in [5, 5.41) is 0. The molecule has 0 aromatic carbocycles. The largest absolute Gasteiger partial charge is 0.458 e. The van der Waals surface area contributed by atoms with Crippen molar-refractivity contribution in [2.24, 2.45) is 5.92 Å². The summed E-state index contributed by atoms with van der Waals surface area (Å²) in [7, 11) is 0. The third kappa shape index (κ3) is 3.90. The lowest BCUT2D eigenvalue weighted by atomic mass is 9.82. The van der Waals surface area contributed by atoms with E-state index in [4.69, 9.17) is 18.9 Å². The molecule has 7 nitrogen and oxygen atoms in total. The lowest BCUT2D eigenvalue weighted by molar-refractivity contribution is -0.149. The highest BCUT2D eigenvalue weighted by molar-refractivity contribution is 5.91. The zero-order valence-electron chi connectivity index (χ0n) is 16.7. The first-order chi connectivity index (χ1) is 13.0. The first-order valence-electron chi connectivity index (χ1n) is 9.31. The normalized spacial score (nSPS) is 38.9. The molecule has 0 N–H and O–H groups in total. The number of hydrogen-bond acceptors (Lipinski definition) is 7. The van der Waals surface area contributed by atoms with Gasteiger partial charge in [-0.1, -0.05) is 13.2 Å². The zero-order valence-corrected chi connectivity index (χ0v) is 16.7. The molecule has 3 aliphatic rings. The van der Waals surface area contributed by atoms with E-state index in [-0.39, 0.29) is 17.3 Å². The van der Waals surface area contributed by atoms with Crippen molar-refractivity contribution >= 4 is 17.9 Å². The van der Waals surface area contributed by atoms with Crippen LogP contribution in [0.25, 0.3) is 0 Å². The minimum atomic E-state index is -0.667. The molecule has 0 spiro atoms. The molecule has 2 fully saturated rings. The third-order valence-corrected chi connectivity index (χ3v) is 5.58. The van der Waals surface area contributed by atoms with Crippen LogP contribution in [-0.2, 0) is 33.3 Å². The maximum absolute atomic E-state index is 12.2. The number of esters is 3. The van der Waals surface area contributed by atoms with E-state index in [1.54, 1.807) is 13.0 Å². The molecule has 3 rings (SSSR count). The van der Waals surface area contributed by atoms with E-state index in [0.29, 0.717) is 12.8 Å². The predicted molar refractivity (Wildman–Crippen MR) is 99.0 cm³/mol. The zero-order chi connectivity index (χ0) is 20.8. The van der Waals surface area contributed by atoms with Crippen molar-refractivity contribution in [3.63, 3.8) is 0 Å². The molecule has 0 bridgehead atoms. The second-order valence-corrected chi connectivity index (χ2v) is 8.01. The van der Waals surface area contributed by atoms with E-state index in [0.717, 1.165) is 5.57 Å². The molecule has 7 heteroatoms. The van der Waals surface area contributed by atoms with Crippen molar-refractivity contribution in [3.05, 3.63) is 36.0 Å². The van der Waals surface area contributed by atoms with Crippen molar-refractivity contribution in [2.45, 2.75) is 70.6 Å². The molecule has 2 heterocycles. The van der Waals surface area contributed by atoms with E-state index in [1.807, 2.05) is 13.8 Å². The van der Waals surface area contributed by atoms with Gasteiger partial charge in [0.25, 0.3) is 0 Å². The molecule has 0 aromatic rings. The third-order valence-electron chi connectivity index (χ3n) is 5.58. The Morgan fingerprint density at radius 1 is 1.29 bits per heavy atom. The van der Waals surface area contributed by atoms with E-state index >= 15 is 0 Å². The van der Waals surface area contributed by atoms with Crippen LogP contribution in [0.4, 0.5) is 0 Å². The van der Waals surface area contributed by atoms with E-state index in [1.165, 1.54) is 6.92 Å². The monoisotopic (exact) mass is 390 g/mol. The number of carbonyl (C=O) groups excluding carboxylic acids is 3. The highest BCUT2D eigenvalue weighted by Crippen LogP contribution is 2.48. The van der Waals surface area contributed by atoms with E-state index in [2.05, 4.69) is 13.2 Å².